The molecule has 9 heavy (non-hydrogen) atoms. The number of hydrogen-bond donors (Lipinski definition) is 0. The Labute approximate surface area is 54.1 Å². The fraction of sp³-hybridized carbons (Fsp3) is 0.167. The normalized spacial score (nSPS) is 8.44. The third-order valence-corrected chi connectivity index (χ3v) is 1.02. The van der Waals surface area contributed by atoms with Gasteiger partial charge in [-0.05, 0) is 0 Å². The number of carbonyl (C=O) groups is 1. The van der Waals surface area contributed by atoms with Crippen molar-refractivity contribution >= 4 is 13.2 Å². The maximum absolute atomic E-state index is 9.93. The second-order valence-electron chi connectivity index (χ2n) is 1.69. The average molecular weight is 119 g/mol. The summed E-state index contributed by atoms with van der Waals surface area (Å²) >= 11 is 0. The third kappa shape index (κ3) is 1.76. The first-order valence-electron chi connectivity index (χ1n) is 2.77. The van der Waals surface area contributed by atoms with E-state index in [-0.39, 0.29) is 0 Å². The van der Waals surface area contributed by atoms with Crippen LogP contribution in [0, 0.1) is 0 Å². The van der Waals surface area contributed by atoms with Gasteiger partial charge in [0.1, 0.15) is 0 Å². The summed E-state index contributed by atoms with van der Waals surface area (Å²) < 4.78 is 0. The Morgan fingerprint density at radius 2 is 2.67 bits per heavy atom. The van der Waals surface area contributed by atoms with Gasteiger partial charge in [0.2, 0.25) is 0 Å². The Morgan fingerprint density at radius 1 is 1.78 bits per heavy atom. The van der Waals surface area contributed by atoms with Gasteiger partial charge < -0.3 is 0 Å². The first-order valence-corrected chi connectivity index (χ1v) is 2.77. The molecule has 3 heteroatoms. The van der Waals surface area contributed by atoms with Gasteiger partial charge in [0.25, 0.3) is 0 Å². The molecule has 0 radical (unpaired) electrons. The van der Waals surface area contributed by atoms with Gasteiger partial charge in [0.05, 0.1) is 0 Å². The zero-order chi connectivity index (χ0) is 6.53. The molecule has 1 rings (SSSR count). The van der Waals surface area contributed by atoms with Crippen molar-refractivity contribution in [1.29, 1.82) is 0 Å². The van der Waals surface area contributed by atoms with Crippen LogP contribution < -0.4 is 0 Å². The van der Waals surface area contributed by atoms with Crippen molar-refractivity contribution in [3.8, 4) is 0 Å². The van der Waals surface area contributed by atoms with E-state index < -0.39 is 0 Å². The number of aromatic nitrogens is 1. The van der Waals surface area contributed by atoms with E-state index in [4.69, 9.17) is 0 Å². The molecule has 0 saturated carbocycles. The van der Waals surface area contributed by atoms with Crippen LogP contribution in [0.25, 0.3) is 0 Å². The molecule has 2 nitrogen and oxygen atoms in total. The summed E-state index contributed by atoms with van der Waals surface area (Å²) in [6.07, 6.45) is 2.95. The molecule has 0 aromatic carbocycles. The van der Waals surface area contributed by atoms with Crippen LogP contribution in [0.2, 0.25) is 0 Å². The molecule has 1 aromatic heterocycles. The molecule has 0 N–H and O–H groups in total. The Bertz CT molecular complexity index is 188. The number of hydrogen-bond acceptors (Lipinski definition) is 2. The number of aldehydes is 1. The Balaban J connectivity index is 2.72. The minimum atomic E-state index is 0.417. The Kier molecular flexibility index (Phi) is 2.13. The van der Waals surface area contributed by atoms with E-state index in [9.17, 15) is 4.79 Å². The van der Waals surface area contributed by atoms with Crippen molar-refractivity contribution in [2.75, 3.05) is 0 Å². The predicted molar refractivity (Wildman–Crippen MR) is 35.4 cm³/mol. The van der Waals surface area contributed by atoms with Gasteiger partial charge in [0.15, 0.2) is 0 Å². The van der Waals surface area contributed by atoms with E-state index in [0.717, 1.165) is 12.0 Å². The fourth-order valence-corrected chi connectivity index (χ4v) is 0.604. The van der Waals surface area contributed by atoms with Gasteiger partial charge in [-0.15, -0.1) is 0 Å². The maximum atomic E-state index is 9.93. The molecule has 0 unspecified atom stereocenters. The van der Waals surface area contributed by atoms with Crippen LogP contribution in [0.5, 0.6) is 0 Å². The molecule has 0 aliphatic carbocycles. The molecule has 0 fully saturated rings. The SMILES string of the molecule is O=CCc1ccbcn1. The fourth-order valence-electron chi connectivity index (χ4n) is 0.604. The van der Waals surface area contributed by atoms with Crippen LogP contribution in [0.3, 0.4) is 0 Å². The van der Waals surface area contributed by atoms with E-state index in [0.29, 0.717) is 6.42 Å². The van der Waals surface area contributed by atoms with Gasteiger partial charge in [-0.3, -0.25) is 0 Å². The van der Waals surface area contributed by atoms with Gasteiger partial charge in [-0.25, -0.2) is 0 Å². The number of nitrogens with zero attached hydrogens (tertiary/aromatic N) is 1. The van der Waals surface area contributed by atoms with Crippen LogP contribution in [-0.2, 0) is 11.2 Å². The topological polar surface area (TPSA) is 30.0 Å². The molecule has 0 aliphatic heterocycles. The Morgan fingerprint density at radius 3 is 3.22 bits per heavy atom. The van der Waals surface area contributed by atoms with Crippen LogP contribution >= 0.6 is 0 Å². The quantitative estimate of drug-likeness (QED) is 0.519. The summed E-state index contributed by atoms with van der Waals surface area (Å²) in [5.41, 5.74) is 0.826. The molecular weight excluding hydrogens is 113 g/mol. The van der Waals surface area contributed by atoms with Gasteiger partial charge in [-0.1, -0.05) is 0 Å². The summed E-state index contributed by atoms with van der Waals surface area (Å²) in [4.78, 5) is 13.9. The van der Waals surface area contributed by atoms with Crippen molar-refractivity contribution in [3.05, 3.63) is 23.8 Å². The molecule has 1 aromatic rings. The second kappa shape index (κ2) is 3.12. The third-order valence-electron chi connectivity index (χ3n) is 1.02. The van der Waals surface area contributed by atoms with Gasteiger partial charge in [0, 0.05) is 0 Å². The van der Waals surface area contributed by atoms with Crippen molar-refractivity contribution in [2.45, 2.75) is 6.42 Å². The molecule has 0 bridgehead atoms. The first kappa shape index (κ1) is 6.14. The molecule has 0 spiro atoms. The summed E-state index contributed by atoms with van der Waals surface area (Å²) in [6.45, 7) is 1.83. The molecule has 44 valence electrons. The molecule has 0 amide bonds. The number of rotatable bonds is 2. The number of carbonyl (C=O) groups excluding carboxylic acids is 1. The minimum absolute atomic E-state index is 0.417. The molecule has 0 aliphatic rings. The monoisotopic (exact) mass is 119 g/mol. The van der Waals surface area contributed by atoms with E-state index in [1.807, 2.05) is 18.9 Å². The van der Waals surface area contributed by atoms with Crippen molar-refractivity contribution in [1.82, 2.24) is 4.98 Å². The summed E-state index contributed by atoms with van der Waals surface area (Å²) in [7, 11) is 0. The van der Waals surface area contributed by atoms with Gasteiger partial charge >= 0.3 is 53.2 Å². The predicted octanol–water partition coefficient (Wildman–Crippen LogP) is 0.161. The van der Waals surface area contributed by atoms with Crippen LogP contribution in [0.15, 0.2) is 18.1 Å². The average Bonchev–Trinajstić information content (AvgIpc) is 1.91. The van der Waals surface area contributed by atoms with E-state index >= 15 is 0 Å². The summed E-state index contributed by atoms with van der Waals surface area (Å²) in [6, 6.07) is 1.83. The standard InChI is InChI=1S/C6H6BNO/c9-4-2-6-1-3-7-5-8-6/h1,3-5H,2H2. The van der Waals surface area contributed by atoms with Crippen molar-refractivity contribution < 1.29 is 4.79 Å². The summed E-state index contributed by atoms with van der Waals surface area (Å²) in [5.74, 6) is 1.87. The molecule has 0 atom stereocenters. The van der Waals surface area contributed by atoms with E-state index in [1.165, 1.54) is 0 Å². The van der Waals surface area contributed by atoms with Crippen molar-refractivity contribution in [2.24, 2.45) is 0 Å². The zero-order valence-corrected chi connectivity index (χ0v) is 4.95. The second-order valence-corrected chi connectivity index (χ2v) is 1.69. The molecule has 1 heterocycles. The van der Waals surface area contributed by atoms with Crippen LogP contribution in [0.4, 0.5) is 0 Å². The van der Waals surface area contributed by atoms with Gasteiger partial charge in [-0.2, -0.15) is 0 Å². The van der Waals surface area contributed by atoms with Crippen molar-refractivity contribution in [3.63, 3.8) is 0 Å². The zero-order valence-electron chi connectivity index (χ0n) is 4.95. The van der Waals surface area contributed by atoms with Crippen LogP contribution in [0.1, 0.15) is 5.69 Å². The first-order chi connectivity index (χ1) is 4.43. The summed E-state index contributed by atoms with van der Waals surface area (Å²) in [5, 5.41) is 0. The van der Waals surface area contributed by atoms with E-state index in [1.54, 1.807) is 6.09 Å². The van der Waals surface area contributed by atoms with E-state index in [2.05, 4.69) is 4.98 Å². The van der Waals surface area contributed by atoms with Crippen LogP contribution in [-0.4, -0.2) is 18.2 Å². The molecule has 0 saturated heterocycles. The molecular formula is C6H6BNO. The Hall–Kier alpha value is -0.985.